The smallest absolute Gasteiger partial charge is 0.236 e. The minimum atomic E-state index is -0.396. The van der Waals surface area contributed by atoms with Crippen LogP contribution in [0.4, 0.5) is 0 Å². The van der Waals surface area contributed by atoms with Crippen molar-refractivity contribution in [1.82, 2.24) is 5.32 Å². The maximum atomic E-state index is 11.9. The van der Waals surface area contributed by atoms with Gasteiger partial charge in [-0.25, -0.2) is 0 Å². The minimum absolute atomic E-state index is 0.0277. The number of nitrogens with one attached hydrogen (secondary N) is 1. The van der Waals surface area contributed by atoms with Gasteiger partial charge in [0.1, 0.15) is 0 Å². The molecule has 1 aliphatic rings. The van der Waals surface area contributed by atoms with Crippen LogP contribution < -0.4 is 11.1 Å². The summed E-state index contributed by atoms with van der Waals surface area (Å²) in [5.74, 6) is -0.0554. The van der Waals surface area contributed by atoms with E-state index in [2.05, 4.69) is 5.32 Å². The molecule has 4 heteroatoms. The summed E-state index contributed by atoms with van der Waals surface area (Å²) in [6.07, 6.45) is 3.79. The van der Waals surface area contributed by atoms with Crippen LogP contribution in [0.25, 0.3) is 0 Å². The van der Waals surface area contributed by atoms with Gasteiger partial charge >= 0.3 is 0 Å². The summed E-state index contributed by atoms with van der Waals surface area (Å²) in [5.41, 5.74) is 6.98. The quantitative estimate of drug-likeness (QED) is 0.842. The van der Waals surface area contributed by atoms with Gasteiger partial charge in [0, 0.05) is 17.0 Å². The van der Waals surface area contributed by atoms with E-state index in [0.717, 1.165) is 36.3 Å². The molecule has 19 heavy (non-hydrogen) atoms. The molecule has 0 bridgehead atoms. The number of rotatable bonds is 6. The van der Waals surface area contributed by atoms with Crippen LogP contribution in [0.1, 0.15) is 38.2 Å². The molecule has 1 aromatic rings. The Morgan fingerprint density at radius 1 is 1.47 bits per heavy atom. The zero-order chi connectivity index (χ0) is 13.9. The van der Waals surface area contributed by atoms with Gasteiger partial charge in [-0.2, -0.15) is 0 Å². The van der Waals surface area contributed by atoms with E-state index in [9.17, 15) is 4.79 Å². The summed E-state index contributed by atoms with van der Waals surface area (Å²) < 4.78 is 0. The Morgan fingerprint density at radius 3 is 2.74 bits per heavy atom. The normalized spacial score (nSPS) is 17.8. The summed E-state index contributed by atoms with van der Waals surface area (Å²) in [4.78, 5) is 11.9. The van der Waals surface area contributed by atoms with Crippen molar-refractivity contribution in [2.45, 2.75) is 44.1 Å². The zero-order valence-corrected chi connectivity index (χ0v) is 12.0. The van der Waals surface area contributed by atoms with Gasteiger partial charge in [0.05, 0.1) is 6.04 Å². The predicted molar refractivity (Wildman–Crippen MR) is 78.3 cm³/mol. The highest BCUT2D eigenvalue weighted by Crippen LogP contribution is 2.49. The first-order valence-electron chi connectivity index (χ1n) is 6.87. The molecule has 1 fully saturated rings. The average molecular weight is 281 g/mol. The lowest BCUT2D eigenvalue weighted by Gasteiger charge is -2.19. The molecule has 0 spiro atoms. The maximum absolute atomic E-state index is 11.9. The Bertz CT molecular complexity index is 457. The lowest BCUT2D eigenvalue weighted by molar-refractivity contribution is -0.122. The lowest BCUT2D eigenvalue weighted by Crippen LogP contribution is -2.43. The Morgan fingerprint density at radius 2 is 2.16 bits per heavy atom. The van der Waals surface area contributed by atoms with Gasteiger partial charge in [0.2, 0.25) is 5.91 Å². The third-order valence-corrected chi connectivity index (χ3v) is 4.17. The van der Waals surface area contributed by atoms with Crippen LogP contribution in [0.2, 0.25) is 5.02 Å². The molecule has 2 rings (SSSR count). The van der Waals surface area contributed by atoms with Crippen molar-refractivity contribution in [3.05, 3.63) is 34.9 Å². The largest absolute Gasteiger partial charge is 0.354 e. The summed E-state index contributed by atoms with van der Waals surface area (Å²) in [6.45, 7) is 2.66. The van der Waals surface area contributed by atoms with Crippen LogP contribution in [0.3, 0.4) is 0 Å². The van der Waals surface area contributed by atoms with Crippen LogP contribution in [0.5, 0.6) is 0 Å². The van der Waals surface area contributed by atoms with Crippen LogP contribution in [-0.2, 0) is 10.2 Å². The van der Waals surface area contributed by atoms with Gasteiger partial charge in [-0.3, -0.25) is 4.79 Å². The van der Waals surface area contributed by atoms with Gasteiger partial charge in [-0.05, 0) is 30.9 Å². The molecule has 1 aromatic carbocycles. The number of nitrogens with two attached hydrogens (primary N) is 1. The number of hydrogen-bond acceptors (Lipinski definition) is 2. The Balaban J connectivity index is 1.96. The monoisotopic (exact) mass is 280 g/mol. The van der Waals surface area contributed by atoms with Crippen LogP contribution in [0, 0.1) is 0 Å². The number of amides is 1. The van der Waals surface area contributed by atoms with E-state index in [0.29, 0.717) is 6.54 Å². The highest BCUT2D eigenvalue weighted by molar-refractivity contribution is 6.31. The molecule has 0 radical (unpaired) electrons. The fourth-order valence-electron chi connectivity index (χ4n) is 2.41. The molecule has 0 aromatic heterocycles. The van der Waals surface area contributed by atoms with E-state index in [1.54, 1.807) is 0 Å². The Labute approximate surface area is 119 Å². The fourth-order valence-corrected chi connectivity index (χ4v) is 2.75. The second kappa shape index (κ2) is 5.93. The Hall–Kier alpha value is -1.06. The second-order valence-corrected chi connectivity index (χ2v) is 5.78. The van der Waals surface area contributed by atoms with E-state index in [1.807, 2.05) is 31.2 Å². The molecule has 3 N–H and O–H groups in total. The molecule has 0 saturated heterocycles. The number of halogens is 1. The highest BCUT2D eigenvalue weighted by Gasteiger charge is 2.45. The topological polar surface area (TPSA) is 55.1 Å². The first kappa shape index (κ1) is 14.4. The Kier molecular flexibility index (Phi) is 4.48. The molecule has 1 amide bonds. The van der Waals surface area contributed by atoms with E-state index in [1.165, 1.54) is 0 Å². The molecular formula is C15H21ClN2O. The van der Waals surface area contributed by atoms with Crippen molar-refractivity contribution in [3.63, 3.8) is 0 Å². The van der Waals surface area contributed by atoms with Crippen molar-refractivity contribution >= 4 is 17.5 Å². The highest BCUT2D eigenvalue weighted by atomic mass is 35.5. The molecule has 0 heterocycles. The first-order valence-corrected chi connectivity index (χ1v) is 7.25. The molecule has 1 atom stereocenters. The average Bonchev–Trinajstić information content (AvgIpc) is 3.18. The van der Waals surface area contributed by atoms with Crippen molar-refractivity contribution in [2.24, 2.45) is 5.73 Å². The lowest BCUT2D eigenvalue weighted by atomic mass is 9.95. The number of carbonyl (C=O) groups is 1. The predicted octanol–water partition coefficient (Wildman–Crippen LogP) is 2.62. The van der Waals surface area contributed by atoms with Crippen LogP contribution >= 0.6 is 11.6 Å². The maximum Gasteiger partial charge on any atom is 0.236 e. The van der Waals surface area contributed by atoms with E-state index in [-0.39, 0.29) is 11.3 Å². The standard InChI is InChI=1S/C15H21ClN2O/c1-2-5-13(17)14(19)18-10-15(8-9-15)11-6-3-4-7-12(11)16/h3-4,6-7,13H,2,5,8-10,17H2,1H3,(H,18,19). The van der Waals surface area contributed by atoms with Crippen molar-refractivity contribution in [1.29, 1.82) is 0 Å². The summed E-state index contributed by atoms with van der Waals surface area (Å²) in [6, 6.07) is 7.48. The van der Waals surface area contributed by atoms with Crippen LogP contribution in [0.15, 0.2) is 24.3 Å². The van der Waals surface area contributed by atoms with Gasteiger partial charge in [0.15, 0.2) is 0 Å². The van der Waals surface area contributed by atoms with Gasteiger partial charge in [-0.15, -0.1) is 0 Å². The molecule has 3 nitrogen and oxygen atoms in total. The van der Waals surface area contributed by atoms with Gasteiger partial charge in [-0.1, -0.05) is 43.1 Å². The third kappa shape index (κ3) is 3.28. The van der Waals surface area contributed by atoms with Crippen molar-refractivity contribution in [3.8, 4) is 0 Å². The number of carbonyl (C=O) groups excluding carboxylic acids is 1. The summed E-state index contributed by atoms with van der Waals surface area (Å²) >= 11 is 6.24. The van der Waals surface area contributed by atoms with Crippen LogP contribution in [-0.4, -0.2) is 18.5 Å². The molecule has 1 saturated carbocycles. The number of hydrogen-bond donors (Lipinski definition) is 2. The first-order chi connectivity index (χ1) is 9.09. The zero-order valence-electron chi connectivity index (χ0n) is 11.3. The number of benzene rings is 1. The molecule has 0 aliphatic heterocycles. The molecule has 1 unspecified atom stereocenters. The molecular weight excluding hydrogens is 260 g/mol. The summed E-state index contributed by atoms with van der Waals surface area (Å²) in [5, 5.41) is 3.76. The fraction of sp³-hybridized carbons (Fsp3) is 0.533. The van der Waals surface area contributed by atoms with E-state index >= 15 is 0 Å². The molecule has 104 valence electrons. The third-order valence-electron chi connectivity index (χ3n) is 3.84. The van der Waals surface area contributed by atoms with Crippen molar-refractivity contribution < 1.29 is 4.79 Å². The van der Waals surface area contributed by atoms with Gasteiger partial charge < -0.3 is 11.1 Å². The minimum Gasteiger partial charge on any atom is -0.354 e. The van der Waals surface area contributed by atoms with Gasteiger partial charge in [0.25, 0.3) is 0 Å². The SMILES string of the molecule is CCCC(N)C(=O)NCC1(c2ccccc2Cl)CC1. The summed E-state index contributed by atoms with van der Waals surface area (Å²) in [7, 11) is 0. The van der Waals surface area contributed by atoms with Crippen molar-refractivity contribution in [2.75, 3.05) is 6.54 Å². The van der Waals surface area contributed by atoms with E-state index < -0.39 is 6.04 Å². The van der Waals surface area contributed by atoms with E-state index in [4.69, 9.17) is 17.3 Å². The molecule has 1 aliphatic carbocycles. The second-order valence-electron chi connectivity index (χ2n) is 5.37.